The molecule has 2 heterocycles. The molecule has 0 aliphatic carbocycles. The molecule has 0 atom stereocenters. The first kappa shape index (κ1) is 10.1. The number of aryl methyl sites for hydroxylation is 1. The molecule has 4 nitrogen and oxygen atoms in total. The summed E-state index contributed by atoms with van der Waals surface area (Å²) in [4.78, 5) is 3.92. The summed E-state index contributed by atoms with van der Waals surface area (Å²) in [6, 6.07) is 1.81. The van der Waals surface area contributed by atoms with Crippen molar-refractivity contribution in [2.24, 2.45) is 7.05 Å². The highest BCUT2D eigenvalue weighted by molar-refractivity contribution is 6.30. The minimum atomic E-state index is -0.128. The lowest BCUT2D eigenvalue weighted by Gasteiger charge is -2.05. The van der Waals surface area contributed by atoms with E-state index >= 15 is 0 Å². The van der Waals surface area contributed by atoms with Gasteiger partial charge in [-0.15, -0.1) is 0 Å². The Morgan fingerprint density at radius 3 is 2.93 bits per heavy atom. The second-order valence-electron chi connectivity index (χ2n) is 3.19. The molecule has 0 aliphatic rings. The quantitative estimate of drug-likeness (QED) is 0.788. The number of aromatic nitrogens is 3. The van der Waals surface area contributed by atoms with E-state index in [2.05, 4.69) is 10.1 Å². The third-order valence-corrected chi connectivity index (χ3v) is 2.50. The molecule has 78 valence electrons. The molecular formula is C10H10ClN3O. The second kappa shape index (κ2) is 4.00. The summed E-state index contributed by atoms with van der Waals surface area (Å²) in [5.41, 5.74) is 2.42. The molecular weight excluding hydrogens is 214 g/mol. The smallest absolute Gasteiger partial charge is 0.135 e. The Kier molecular flexibility index (Phi) is 2.70. The third-order valence-electron chi connectivity index (χ3n) is 2.18. The first-order valence-electron chi connectivity index (χ1n) is 4.45. The molecule has 0 aromatic carbocycles. The number of hydrogen-bond acceptors (Lipinski definition) is 3. The molecule has 2 aromatic heterocycles. The Labute approximate surface area is 92.1 Å². The van der Waals surface area contributed by atoms with Crippen LogP contribution in [0.4, 0.5) is 0 Å². The average molecular weight is 224 g/mol. The van der Waals surface area contributed by atoms with Gasteiger partial charge in [-0.05, 0) is 11.6 Å². The van der Waals surface area contributed by atoms with Crippen LogP contribution in [0, 0.1) is 0 Å². The van der Waals surface area contributed by atoms with Crippen molar-refractivity contribution < 1.29 is 5.11 Å². The van der Waals surface area contributed by atoms with E-state index in [0.717, 1.165) is 11.1 Å². The highest BCUT2D eigenvalue weighted by Crippen LogP contribution is 2.26. The Hall–Kier alpha value is -1.39. The van der Waals surface area contributed by atoms with Gasteiger partial charge >= 0.3 is 0 Å². The first-order chi connectivity index (χ1) is 7.22. The van der Waals surface area contributed by atoms with E-state index in [9.17, 15) is 5.11 Å². The van der Waals surface area contributed by atoms with Crippen LogP contribution in [0.1, 0.15) is 5.56 Å². The minimum absolute atomic E-state index is 0.128. The first-order valence-corrected chi connectivity index (χ1v) is 4.83. The minimum Gasteiger partial charge on any atom is -0.392 e. The Morgan fingerprint density at radius 1 is 1.53 bits per heavy atom. The molecule has 5 heteroatoms. The normalized spacial score (nSPS) is 10.6. The van der Waals surface area contributed by atoms with Crippen LogP contribution in [0.3, 0.4) is 0 Å². The summed E-state index contributed by atoms with van der Waals surface area (Å²) in [5, 5.41) is 13.6. The summed E-state index contributed by atoms with van der Waals surface area (Å²) < 4.78 is 1.70. The molecule has 0 saturated carbocycles. The number of nitrogens with zero attached hydrogens (tertiary/aromatic N) is 3. The fourth-order valence-corrected chi connectivity index (χ4v) is 1.67. The lowest BCUT2D eigenvalue weighted by Crippen LogP contribution is -1.92. The molecule has 0 unspecified atom stereocenters. The van der Waals surface area contributed by atoms with Crippen molar-refractivity contribution >= 4 is 11.6 Å². The zero-order chi connectivity index (χ0) is 10.8. The van der Waals surface area contributed by atoms with E-state index in [0.29, 0.717) is 10.7 Å². The van der Waals surface area contributed by atoms with Crippen molar-refractivity contribution in [3.8, 4) is 11.1 Å². The van der Waals surface area contributed by atoms with Gasteiger partial charge in [0.25, 0.3) is 0 Å². The molecule has 0 saturated heterocycles. The lowest BCUT2D eigenvalue weighted by molar-refractivity contribution is 0.282. The molecule has 0 fully saturated rings. The Bertz CT molecular complexity index is 481. The molecule has 1 N–H and O–H groups in total. The number of aliphatic hydroxyl groups excluding tert-OH is 1. The van der Waals surface area contributed by atoms with Crippen LogP contribution in [0.2, 0.25) is 5.15 Å². The largest absolute Gasteiger partial charge is 0.392 e. The molecule has 0 spiro atoms. The number of hydrogen-bond donors (Lipinski definition) is 1. The van der Waals surface area contributed by atoms with Crippen molar-refractivity contribution in [1.82, 2.24) is 14.8 Å². The van der Waals surface area contributed by atoms with Crippen molar-refractivity contribution in [1.29, 1.82) is 0 Å². The predicted molar refractivity (Wildman–Crippen MR) is 57.4 cm³/mol. The molecule has 0 bridgehead atoms. The highest BCUT2D eigenvalue weighted by Gasteiger charge is 2.10. The van der Waals surface area contributed by atoms with E-state index in [4.69, 9.17) is 11.6 Å². The van der Waals surface area contributed by atoms with Gasteiger partial charge in [0.05, 0.1) is 12.8 Å². The number of halogens is 1. The third kappa shape index (κ3) is 1.86. The van der Waals surface area contributed by atoms with Crippen LogP contribution in [-0.2, 0) is 13.7 Å². The maximum absolute atomic E-state index is 9.22. The van der Waals surface area contributed by atoms with Gasteiger partial charge in [0.1, 0.15) is 5.15 Å². The van der Waals surface area contributed by atoms with Gasteiger partial charge in [-0.2, -0.15) is 5.10 Å². The molecule has 0 amide bonds. The standard InChI is InChI=1S/C10H10ClN3O/c1-14-5-7(4-13-14)8-2-3-12-10(11)9(8)6-15/h2-5,15H,6H2,1H3. The maximum atomic E-state index is 9.22. The van der Waals surface area contributed by atoms with Crippen LogP contribution in [0.5, 0.6) is 0 Å². The number of pyridine rings is 1. The lowest BCUT2D eigenvalue weighted by atomic mass is 10.1. The van der Waals surface area contributed by atoms with Crippen LogP contribution in [0.25, 0.3) is 11.1 Å². The fraction of sp³-hybridized carbons (Fsp3) is 0.200. The number of rotatable bonds is 2. The van der Waals surface area contributed by atoms with Crippen molar-refractivity contribution in [2.75, 3.05) is 0 Å². The number of aliphatic hydroxyl groups is 1. The van der Waals surface area contributed by atoms with Gasteiger partial charge < -0.3 is 5.11 Å². The highest BCUT2D eigenvalue weighted by atomic mass is 35.5. The zero-order valence-electron chi connectivity index (χ0n) is 8.18. The topological polar surface area (TPSA) is 50.9 Å². The maximum Gasteiger partial charge on any atom is 0.135 e. The van der Waals surface area contributed by atoms with E-state index in [-0.39, 0.29) is 6.61 Å². The van der Waals surface area contributed by atoms with E-state index in [1.54, 1.807) is 17.1 Å². The monoisotopic (exact) mass is 223 g/mol. The van der Waals surface area contributed by atoms with E-state index in [1.165, 1.54) is 0 Å². The second-order valence-corrected chi connectivity index (χ2v) is 3.55. The van der Waals surface area contributed by atoms with Crippen LogP contribution < -0.4 is 0 Å². The van der Waals surface area contributed by atoms with Crippen molar-refractivity contribution in [3.63, 3.8) is 0 Å². The average Bonchev–Trinajstić information content (AvgIpc) is 2.64. The summed E-state index contributed by atoms with van der Waals surface area (Å²) in [6.07, 6.45) is 5.21. The summed E-state index contributed by atoms with van der Waals surface area (Å²) in [7, 11) is 1.84. The van der Waals surface area contributed by atoms with E-state index < -0.39 is 0 Å². The summed E-state index contributed by atoms with van der Waals surface area (Å²) in [5.74, 6) is 0. The van der Waals surface area contributed by atoms with Crippen molar-refractivity contribution in [3.05, 3.63) is 35.4 Å². The van der Waals surface area contributed by atoms with Gasteiger partial charge in [0.15, 0.2) is 0 Å². The summed E-state index contributed by atoms with van der Waals surface area (Å²) in [6.45, 7) is -0.128. The SMILES string of the molecule is Cn1cc(-c2ccnc(Cl)c2CO)cn1. The van der Waals surface area contributed by atoms with Gasteiger partial charge in [0.2, 0.25) is 0 Å². The van der Waals surface area contributed by atoms with Crippen LogP contribution in [-0.4, -0.2) is 19.9 Å². The van der Waals surface area contributed by atoms with Gasteiger partial charge in [-0.1, -0.05) is 11.6 Å². The molecule has 2 aromatic rings. The molecule has 0 radical (unpaired) electrons. The van der Waals surface area contributed by atoms with Gasteiger partial charge in [0, 0.05) is 30.6 Å². The zero-order valence-corrected chi connectivity index (χ0v) is 8.94. The van der Waals surface area contributed by atoms with Gasteiger partial charge in [-0.25, -0.2) is 4.98 Å². The predicted octanol–water partition coefficient (Wildman–Crippen LogP) is 1.63. The van der Waals surface area contributed by atoms with Crippen LogP contribution >= 0.6 is 11.6 Å². The van der Waals surface area contributed by atoms with Crippen LogP contribution in [0.15, 0.2) is 24.7 Å². The van der Waals surface area contributed by atoms with Crippen molar-refractivity contribution in [2.45, 2.75) is 6.61 Å². The Morgan fingerprint density at radius 2 is 2.33 bits per heavy atom. The molecule has 15 heavy (non-hydrogen) atoms. The Balaban J connectivity index is 2.57. The fourth-order valence-electron chi connectivity index (χ4n) is 1.45. The molecule has 2 rings (SSSR count). The van der Waals surface area contributed by atoms with Gasteiger partial charge in [-0.3, -0.25) is 4.68 Å². The van der Waals surface area contributed by atoms with E-state index in [1.807, 2.05) is 19.3 Å². The molecule has 0 aliphatic heterocycles. The summed E-state index contributed by atoms with van der Waals surface area (Å²) >= 11 is 5.89.